The Balaban J connectivity index is 1.69. The fourth-order valence-corrected chi connectivity index (χ4v) is 4.92. The van der Waals surface area contributed by atoms with Gasteiger partial charge in [-0.3, -0.25) is 9.59 Å². The Kier molecular flexibility index (Phi) is 6.00. The molecule has 2 aliphatic rings. The van der Waals surface area contributed by atoms with Gasteiger partial charge in [0.1, 0.15) is 6.04 Å². The number of aromatic nitrogens is 2. The average Bonchev–Trinajstić information content (AvgIpc) is 3.49. The first kappa shape index (κ1) is 19.1. The van der Waals surface area contributed by atoms with E-state index in [4.69, 9.17) is 0 Å². The molecule has 2 aromatic rings. The summed E-state index contributed by atoms with van der Waals surface area (Å²) in [7, 11) is 0. The summed E-state index contributed by atoms with van der Waals surface area (Å²) in [5, 5.41) is 8.88. The van der Waals surface area contributed by atoms with Gasteiger partial charge in [0.05, 0.1) is 0 Å². The Labute approximate surface area is 169 Å². The van der Waals surface area contributed by atoms with Crippen LogP contribution in [0.15, 0.2) is 35.7 Å². The molecular formula is C21H26N4O2S. The van der Waals surface area contributed by atoms with Gasteiger partial charge in [0.2, 0.25) is 5.91 Å². The minimum Gasteiger partial charge on any atom is -0.351 e. The summed E-state index contributed by atoms with van der Waals surface area (Å²) in [5.41, 5.74) is 1.17. The molecule has 1 aromatic carbocycles. The lowest BCUT2D eigenvalue weighted by Gasteiger charge is -2.36. The Hall–Kier alpha value is -2.28. The van der Waals surface area contributed by atoms with E-state index in [9.17, 15) is 9.59 Å². The van der Waals surface area contributed by atoms with Crippen LogP contribution >= 0.6 is 11.5 Å². The highest BCUT2D eigenvalue weighted by molar-refractivity contribution is 7.03. The second-order valence-corrected chi connectivity index (χ2v) is 8.35. The van der Waals surface area contributed by atoms with Crippen LogP contribution in [0.25, 0.3) is 0 Å². The monoisotopic (exact) mass is 398 g/mol. The topological polar surface area (TPSA) is 75.2 Å². The van der Waals surface area contributed by atoms with Crippen molar-refractivity contribution in [2.45, 2.75) is 69.5 Å². The van der Waals surface area contributed by atoms with Crippen molar-refractivity contribution in [1.29, 1.82) is 0 Å². The number of hydrogen-bond donors (Lipinski definition) is 1. The van der Waals surface area contributed by atoms with Gasteiger partial charge >= 0.3 is 0 Å². The molecule has 6 nitrogen and oxygen atoms in total. The van der Waals surface area contributed by atoms with Gasteiger partial charge in [0.25, 0.3) is 5.91 Å². The maximum Gasteiger partial charge on any atom is 0.276 e. The van der Waals surface area contributed by atoms with E-state index in [0.29, 0.717) is 5.69 Å². The minimum atomic E-state index is -0.640. The van der Waals surface area contributed by atoms with Crippen LogP contribution in [0.5, 0.6) is 0 Å². The van der Waals surface area contributed by atoms with E-state index in [-0.39, 0.29) is 23.9 Å². The molecule has 0 unspecified atom stereocenters. The lowest BCUT2D eigenvalue weighted by Crippen LogP contribution is -2.49. The molecule has 4 rings (SSSR count). The van der Waals surface area contributed by atoms with E-state index in [0.717, 1.165) is 68.5 Å². The fourth-order valence-electron chi connectivity index (χ4n) is 4.49. The molecule has 0 aliphatic heterocycles. The first-order valence-corrected chi connectivity index (χ1v) is 11.0. The number of benzene rings is 1. The summed E-state index contributed by atoms with van der Waals surface area (Å²) >= 11 is 1.16. The molecule has 1 N–H and O–H groups in total. The van der Waals surface area contributed by atoms with E-state index in [1.165, 1.54) is 0 Å². The fraction of sp³-hybridized carbons (Fsp3) is 0.524. The van der Waals surface area contributed by atoms with Crippen molar-refractivity contribution < 1.29 is 9.59 Å². The third-order valence-corrected chi connectivity index (χ3v) is 6.38. The number of carbonyl (C=O) groups is 2. The SMILES string of the molecule is O=C(NC1CCCC1)[C@@H](c1ccccc1)N(C(=O)c1csnn1)C1CCCC1. The molecule has 0 bridgehead atoms. The zero-order valence-corrected chi connectivity index (χ0v) is 16.7. The van der Waals surface area contributed by atoms with E-state index >= 15 is 0 Å². The highest BCUT2D eigenvalue weighted by Gasteiger charge is 2.39. The minimum absolute atomic E-state index is 0.0498. The molecule has 0 spiro atoms. The van der Waals surface area contributed by atoms with Gasteiger partial charge in [-0.25, -0.2) is 0 Å². The molecule has 2 saturated carbocycles. The van der Waals surface area contributed by atoms with Crippen LogP contribution in [0, 0.1) is 0 Å². The number of amides is 2. The maximum atomic E-state index is 13.4. The summed E-state index contributed by atoms with van der Waals surface area (Å²) in [6.07, 6.45) is 8.33. The normalized spacial score (nSPS) is 18.9. The van der Waals surface area contributed by atoms with E-state index in [1.807, 2.05) is 30.3 Å². The van der Waals surface area contributed by atoms with E-state index in [2.05, 4.69) is 14.9 Å². The van der Waals surface area contributed by atoms with Crippen LogP contribution in [0.4, 0.5) is 0 Å². The van der Waals surface area contributed by atoms with Gasteiger partial charge in [-0.2, -0.15) is 0 Å². The van der Waals surface area contributed by atoms with Crippen molar-refractivity contribution in [2.24, 2.45) is 0 Å². The Morgan fingerprint density at radius 1 is 1.04 bits per heavy atom. The second-order valence-electron chi connectivity index (χ2n) is 7.74. The highest BCUT2D eigenvalue weighted by atomic mass is 32.1. The molecular weight excluding hydrogens is 372 g/mol. The zero-order chi connectivity index (χ0) is 19.3. The first-order valence-electron chi connectivity index (χ1n) is 10.2. The van der Waals surface area contributed by atoms with Gasteiger partial charge in [0, 0.05) is 17.5 Å². The van der Waals surface area contributed by atoms with Gasteiger partial charge in [-0.05, 0) is 42.8 Å². The van der Waals surface area contributed by atoms with Gasteiger partial charge in [-0.15, -0.1) is 5.10 Å². The molecule has 28 heavy (non-hydrogen) atoms. The molecule has 2 fully saturated rings. The molecule has 0 radical (unpaired) electrons. The first-order chi connectivity index (χ1) is 13.7. The van der Waals surface area contributed by atoms with Gasteiger partial charge < -0.3 is 10.2 Å². The van der Waals surface area contributed by atoms with Gasteiger partial charge in [0.15, 0.2) is 5.69 Å². The van der Waals surface area contributed by atoms with E-state index in [1.54, 1.807) is 10.3 Å². The van der Waals surface area contributed by atoms with Crippen molar-refractivity contribution in [3.63, 3.8) is 0 Å². The molecule has 0 saturated heterocycles. The molecule has 2 aliphatic carbocycles. The number of rotatable bonds is 6. The Bertz CT molecular complexity index is 784. The largest absolute Gasteiger partial charge is 0.351 e. The highest BCUT2D eigenvalue weighted by Crippen LogP contribution is 2.33. The Morgan fingerprint density at radius 2 is 1.71 bits per heavy atom. The summed E-state index contributed by atoms with van der Waals surface area (Å²) < 4.78 is 3.86. The van der Waals surface area contributed by atoms with Crippen LogP contribution in [0.3, 0.4) is 0 Å². The Morgan fingerprint density at radius 3 is 2.36 bits per heavy atom. The van der Waals surface area contributed by atoms with E-state index < -0.39 is 6.04 Å². The molecule has 1 heterocycles. The third kappa shape index (κ3) is 4.09. The van der Waals surface area contributed by atoms with Crippen molar-refractivity contribution in [3.8, 4) is 0 Å². The van der Waals surface area contributed by atoms with Crippen LogP contribution in [-0.4, -0.2) is 38.4 Å². The van der Waals surface area contributed by atoms with Crippen molar-refractivity contribution >= 4 is 23.3 Å². The quantitative estimate of drug-likeness (QED) is 0.805. The summed E-state index contributed by atoms with van der Waals surface area (Å²) in [5.74, 6) is -0.280. The number of nitrogens with zero attached hydrogens (tertiary/aromatic N) is 3. The molecule has 1 aromatic heterocycles. The average molecular weight is 399 g/mol. The zero-order valence-electron chi connectivity index (χ0n) is 15.9. The smallest absolute Gasteiger partial charge is 0.276 e. The predicted octanol–water partition coefficient (Wildman–Crippen LogP) is 3.72. The second kappa shape index (κ2) is 8.82. The van der Waals surface area contributed by atoms with Crippen molar-refractivity contribution in [2.75, 3.05) is 0 Å². The molecule has 2 amide bonds. The lowest BCUT2D eigenvalue weighted by atomic mass is 10.00. The van der Waals surface area contributed by atoms with Crippen LogP contribution < -0.4 is 5.32 Å². The molecule has 148 valence electrons. The molecule has 7 heteroatoms. The van der Waals surface area contributed by atoms with Crippen LogP contribution in [-0.2, 0) is 4.79 Å². The number of carbonyl (C=O) groups excluding carboxylic acids is 2. The third-order valence-electron chi connectivity index (χ3n) is 5.88. The van der Waals surface area contributed by atoms with Crippen LogP contribution in [0.1, 0.15) is 73.5 Å². The van der Waals surface area contributed by atoms with Crippen LogP contribution in [0.2, 0.25) is 0 Å². The lowest BCUT2D eigenvalue weighted by molar-refractivity contribution is -0.127. The summed E-state index contributed by atoms with van der Waals surface area (Å²) in [6, 6.07) is 9.27. The molecule has 1 atom stereocenters. The number of hydrogen-bond acceptors (Lipinski definition) is 5. The number of nitrogens with one attached hydrogen (secondary N) is 1. The summed E-state index contributed by atoms with van der Waals surface area (Å²) in [6.45, 7) is 0. The summed E-state index contributed by atoms with van der Waals surface area (Å²) in [4.78, 5) is 28.6. The maximum absolute atomic E-state index is 13.4. The standard InChI is InChI=1S/C21H26N4O2S/c26-20(22-16-10-4-5-11-16)19(15-8-2-1-3-9-15)25(17-12-6-7-13-17)21(27)18-14-28-24-23-18/h1-3,8-9,14,16-17,19H,4-7,10-13H2,(H,22,26)/t19-/m1/s1. The van der Waals surface area contributed by atoms with Crippen molar-refractivity contribution in [3.05, 3.63) is 47.0 Å². The van der Waals surface area contributed by atoms with Gasteiger partial charge in [-0.1, -0.05) is 60.5 Å². The predicted molar refractivity (Wildman–Crippen MR) is 108 cm³/mol. The van der Waals surface area contributed by atoms with Crippen molar-refractivity contribution in [1.82, 2.24) is 19.8 Å².